The number of amides is 2. The highest BCUT2D eigenvalue weighted by Crippen LogP contribution is 2.33. The zero-order valence-electron chi connectivity index (χ0n) is 19.3. The fraction of sp³-hybridized carbons (Fsp3) is 0.462. The highest BCUT2D eigenvalue weighted by molar-refractivity contribution is 6.42. The van der Waals surface area contributed by atoms with Crippen LogP contribution in [0.2, 0.25) is 10.0 Å². The molecule has 2 aliphatic rings. The van der Waals surface area contributed by atoms with Crippen LogP contribution < -0.4 is 14.8 Å². The highest BCUT2D eigenvalue weighted by atomic mass is 35.5. The van der Waals surface area contributed by atoms with Crippen LogP contribution in [0.15, 0.2) is 36.4 Å². The Bertz CT molecular complexity index is 1040. The van der Waals surface area contributed by atoms with Crippen molar-refractivity contribution >= 4 is 35.0 Å². The zero-order valence-corrected chi connectivity index (χ0v) is 20.8. The Morgan fingerprint density at radius 1 is 1.03 bits per heavy atom. The van der Waals surface area contributed by atoms with E-state index in [1.54, 1.807) is 17.0 Å². The molecule has 2 amide bonds. The van der Waals surface area contributed by atoms with Crippen LogP contribution in [0.25, 0.3) is 0 Å². The predicted molar refractivity (Wildman–Crippen MR) is 132 cm³/mol. The van der Waals surface area contributed by atoms with Crippen molar-refractivity contribution in [2.24, 2.45) is 0 Å². The van der Waals surface area contributed by atoms with E-state index in [-0.39, 0.29) is 37.6 Å². The summed E-state index contributed by atoms with van der Waals surface area (Å²) in [5.41, 5.74) is 1.81. The lowest BCUT2D eigenvalue weighted by Gasteiger charge is -2.31. The minimum atomic E-state index is -0.556. The first-order valence-corrected chi connectivity index (χ1v) is 12.6. The van der Waals surface area contributed by atoms with Crippen molar-refractivity contribution in [1.82, 2.24) is 10.2 Å². The average molecular weight is 505 g/mol. The maximum absolute atomic E-state index is 13.5. The maximum atomic E-state index is 13.5. The number of ether oxygens (including phenoxy) is 2. The molecule has 1 aliphatic heterocycles. The number of aryl methyl sites for hydroxylation is 1. The molecule has 0 aromatic heterocycles. The van der Waals surface area contributed by atoms with Crippen LogP contribution in [0, 0.1) is 0 Å². The number of carbonyl (C=O) groups is 2. The molecule has 182 valence electrons. The van der Waals surface area contributed by atoms with Crippen LogP contribution >= 0.6 is 23.2 Å². The topological polar surface area (TPSA) is 67.9 Å². The Morgan fingerprint density at radius 2 is 1.76 bits per heavy atom. The molecule has 1 aliphatic carbocycles. The lowest BCUT2D eigenvalue weighted by atomic mass is 10.1. The van der Waals surface area contributed by atoms with Crippen LogP contribution in [0.3, 0.4) is 0 Å². The van der Waals surface area contributed by atoms with Gasteiger partial charge >= 0.3 is 0 Å². The Kier molecular flexibility index (Phi) is 8.22. The number of halogens is 2. The van der Waals surface area contributed by atoms with Gasteiger partial charge in [-0.3, -0.25) is 9.59 Å². The van der Waals surface area contributed by atoms with Crippen molar-refractivity contribution in [3.05, 3.63) is 57.6 Å². The van der Waals surface area contributed by atoms with Gasteiger partial charge < -0.3 is 19.7 Å². The van der Waals surface area contributed by atoms with Gasteiger partial charge in [-0.2, -0.15) is 0 Å². The van der Waals surface area contributed by atoms with Gasteiger partial charge in [-0.25, -0.2) is 0 Å². The van der Waals surface area contributed by atoms with E-state index in [1.165, 1.54) is 0 Å². The predicted octanol–water partition coefficient (Wildman–Crippen LogP) is 5.52. The number of nitrogens with zero attached hydrogens (tertiary/aromatic N) is 1. The van der Waals surface area contributed by atoms with E-state index in [9.17, 15) is 9.59 Å². The molecular weight excluding hydrogens is 475 g/mol. The number of rotatable bonds is 9. The maximum Gasteiger partial charge on any atom is 0.243 e. The molecule has 6 nitrogen and oxygen atoms in total. The fourth-order valence-electron chi connectivity index (χ4n) is 4.61. The van der Waals surface area contributed by atoms with E-state index < -0.39 is 6.04 Å². The van der Waals surface area contributed by atoms with Crippen molar-refractivity contribution in [1.29, 1.82) is 0 Å². The number of hydrogen-bond acceptors (Lipinski definition) is 4. The van der Waals surface area contributed by atoms with Gasteiger partial charge in [-0.15, -0.1) is 0 Å². The fourth-order valence-corrected chi connectivity index (χ4v) is 4.93. The van der Waals surface area contributed by atoms with E-state index in [4.69, 9.17) is 32.7 Å². The molecule has 8 heteroatoms. The quantitative estimate of drug-likeness (QED) is 0.487. The molecular formula is C26H30Cl2N2O4. The number of fused-ring (bicyclic) bond motifs is 1. The lowest BCUT2D eigenvalue weighted by Crippen LogP contribution is -2.51. The van der Waals surface area contributed by atoms with E-state index >= 15 is 0 Å². The third-order valence-electron chi connectivity index (χ3n) is 6.49. The second-order valence-corrected chi connectivity index (χ2v) is 9.69. The van der Waals surface area contributed by atoms with Crippen molar-refractivity contribution in [2.75, 3.05) is 6.79 Å². The summed E-state index contributed by atoms with van der Waals surface area (Å²) in [6, 6.07) is 10.7. The van der Waals surface area contributed by atoms with Gasteiger partial charge in [0, 0.05) is 19.0 Å². The second kappa shape index (κ2) is 11.3. The van der Waals surface area contributed by atoms with Gasteiger partial charge in [0.25, 0.3) is 0 Å². The van der Waals surface area contributed by atoms with Crippen LogP contribution in [0.1, 0.15) is 56.6 Å². The molecule has 34 heavy (non-hydrogen) atoms. The monoisotopic (exact) mass is 504 g/mol. The molecule has 2 aromatic rings. The lowest BCUT2D eigenvalue weighted by molar-refractivity contribution is -0.141. The van der Waals surface area contributed by atoms with Gasteiger partial charge in [0.05, 0.1) is 10.0 Å². The van der Waals surface area contributed by atoms with E-state index in [0.29, 0.717) is 34.4 Å². The first kappa shape index (κ1) is 24.7. The number of nitrogens with one attached hydrogen (secondary N) is 1. The molecule has 0 spiro atoms. The molecule has 1 saturated carbocycles. The Labute approximate surface area is 210 Å². The first-order chi connectivity index (χ1) is 16.4. The second-order valence-electron chi connectivity index (χ2n) is 8.87. The third kappa shape index (κ3) is 5.97. The normalized spacial score (nSPS) is 15.9. The summed E-state index contributed by atoms with van der Waals surface area (Å²) in [4.78, 5) is 28.4. The highest BCUT2D eigenvalue weighted by Gasteiger charge is 2.30. The standard InChI is InChI=1S/C26H30Cl2N2O4/c1-2-22(26(32)29-19-5-3-4-6-19)30(15-18-7-10-20(27)21(28)13-18)25(31)12-9-17-8-11-23-24(14-17)34-16-33-23/h7-8,10-11,13-14,19,22H,2-6,9,12,15-16H2,1H3,(H,29,32). The molecule has 1 fully saturated rings. The smallest absolute Gasteiger partial charge is 0.243 e. The minimum absolute atomic E-state index is 0.0860. The van der Waals surface area contributed by atoms with Crippen LogP contribution in [0.5, 0.6) is 11.5 Å². The van der Waals surface area contributed by atoms with Crippen molar-refractivity contribution in [2.45, 2.75) is 70.5 Å². The van der Waals surface area contributed by atoms with Crippen LogP contribution in [-0.4, -0.2) is 35.6 Å². The molecule has 2 aromatic carbocycles. The number of carbonyl (C=O) groups excluding carboxylic acids is 2. The van der Waals surface area contributed by atoms with Gasteiger partial charge in [0.1, 0.15) is 6.04 Å². The SMILES string of the molecule is CCC(C(=O)NC1CCCC1)N(Cc1ccc(Cl)c(Cl)c1)C(=O)CCc1ccc2c(c1)OCO2. The third-order valence-corrected chi connectivity index (χ3v) is 7.23. The summed E-state index contributed by atoms with van der Waals surface area (Å²) in [6.07, 6.45) is 5.57. The van der Waals surface area contributed by atoms with Gasteiger partial charge in [0.2, 0.25) is 18.6 Å². The first-order valence-electron chi connectivity index (χ1n) is 11.9. The van der Waals surface area contributed by atoms with Crippen molar-refractivity contribution < 1.29 is 19.1 Å². The van der Waals surface area contributed by atoms with Crippen molar-refractivity contribution in [3.63, 3.8) is 0 Å². The summed E-state index contributed by atoms with van der Waals surface area (Å²) in [5.74, 6) is 1.23. The zero-order chi connectivity index (χ0) is 24.1. The van der Waals surface area contributed by atoms with E-state index in [0.717, 1.165) is 36.8 Å². The molecule has 0 radical (unpaired) electrons. The molecule has 0 bridgehead atoms. The number of benzene rings is 2. The largest absolute Gasteiger partial charge is 0.454 e. The summed E-state index contributed by atoms with van der Waals surface area (Å²) in [6.45, 7) is 2.43. The number of hydrogen-bond donors (Lipinski definition) is 1. The molecule has 1 heterocycles. The molecule has 1 N–H and O–H groups in total. The van der Waals surface area contributed by atoms with E-state index in [2.05, 4.69) is 5.32 Å². The molecule has 0 saturated heterocycles. The van der Waals surface area contributed by atoms with E-state index in [1.807, 2.05) is 31.2 Å². The molecule has 1 unspecified atom stereocenters. The molecule has 1 atom stereocenters. The van der Waals surface area contributed by atoms with Crippen LogP contribution in [-0.2, 0) is 22.6 Å². The van der Waals surface area contributed by atoms with Gasteiger partial charge in [0.15, 0.2) is 11.5 Å². The van der Waals surface area contributed by atoms with Crippen molar-refractivity contribution in [3.8, 4) is 11.5 Å². The Hall–Kier alpha value is -2.44. The van der Waals surface area contributed by atoms with Gasteiger partial charge in [-0.05, 0) is 61.1 Å². The summed E-state index contributed by atoms with van der Waals surface area (Å²) in [7, 11) is 0. The van der Waals surface area contributed by atoms with Crippen LogP contribution in [0.4, 0.5) is 0 Å². The summed E-state index contributed by atoms with van der Waals surface area (Å²) in [5, 5.41) is 4.05. The summed E-state index contributed by atoms with van der Waals surface area (Å²) < 4.78 is 10.8. The molecule has 4 rings (SSSR count). The average Bonchev–Trinajstić information content (AvgIpc) is 3.51. The Balaban J connectivity index is 1.50. The Morgan fingerprint density at radius 3 is 2.50 bits per heavy atom. The summed E-state index contributed by atoms with van der Waals surface area (Å²) >= 11 is 12.3. The van der Waals surface area contributed by atoms with Gasteiger partial charge in [-0.1, -0.05) is 55.1 Å². The minimum Gasteiger partial charge on any atom is -0.454 e.